The van der Waals surface area contributed by atoms with Crippen LogP contribution in [0.25, 0.3) is 0 Å². The minimum Gasteiger partial charge on any atom is -0.271 e. The van der Waals surface area contributed by atoms with Gasteiger partial charge in [0.2, 0.25) is 0 Å². The lowest BCUT2D eigenvalue weighted by atomic mass is 10.0. The molecule has 2 aromatic rings. The first-order valence-electron chi connectivity index (χ1n) is 5.39. The molecule has 2 rings (SSSR count). The third-order valence-electron chi connectivity index (χ3n) is 2.78. The standard InChI is InChI=1S/C13H15BrN2S/c1-8-3-4-10(6-12(8)14)13(16-15)11-5-9(2)17-7-11/h3-7,13,16H,15H2,1-2H3. The predicted molar refractivity (Wildman–Crippen MR) is 77.1 cm³/mol. The largest absolute Gasteiger partial charge is 0.271 e. The van der Waals surface area contributed by atoms with Gasteiger partial charge in [-0.15, -0.1) is 11.3 Å². The van der Waals surface area contributed by atoms with E-state index in [2.05, 4.69) is 64.8 Å². The Morgan fingerprint density at radius 2 is 2.00 bits per heavy atom. The Bertz CT molecular complexity index is 522. The van der Waals surface area contributed by atoms with Crippen molar-refractivity contribution in [1.29, 1.82) is 0 Å². The van der Waals surface area contributed by atoms with Crippen molar-refractivity contribution < 1.29 is 0 Å². The second kappa shape index (κ2) is 5.31. The highest BCUT2D eigenvalue weighted by molar-refractivity contribution is 9.10. The molecule has 0 aliphatic carbocycles. The number of nitrogens with two attached hydrogens (primary N) is 1. The molecule has 0 radical (unpaired) electrons. The van der Waals surface area contributed by atoms with Gasteiger partial charge in [0, 0.05) is 9.35 Å². The smallest absolute Gasteiger partial charge is 0.0718 e. The van der Waals surface area contributed by atoms with Crippen molar-refractivity contribution in [3.8, 4) is 0 Å². The number of hydrazine groups is 1. The van der Waals surface area contributed by atoms with Gasteiger partial charge in [-0.3, -0.25) is 5.84 Å². The van der Waals surface area contributed by atoms with Gasteiger partial charge in [-0.2, -0.15) is 0 Å². The Morgan fingerprint density at radius 3 is 2.53 bits per heavy atom. The zero-order valence-corrected chi connectivity index (χ0v) is 12.2. The summed E-state index contributed by atoms with van der Waals surface area (Å²) in [6.45, 7) is 4.18. The van der Waals surface area contributed by atoms with E-state index in [0.717, 1.165) is 4.47 Å². The zero-order valence-electron chi connectivity index (χ0n) is 9.83. The molecule has 2 nitrogen and oxygen atoms in total. The Hall–Kier alpha value is -0.680. The lowest BCUT2D eigenvalue weighted by Crippen LogP contribution is -2.28. The fourth-order valence-electron chi connectivity index (χ4n) is 1.79. The van der Waals surface area contributed by atoms with Crippen LogP contribution >= 0.6 is 27.3 Å². The monoisotopic (exact) mass is 310 g/mol. The lowest BCUT2D eigenvalue weighted by molar-refractivity contribution is 0.638. The number of aryl methyl sites for hydroxylation is 2. The minimum absolute atomic E-state index is 0.0526. The predicted octanol–water partition coefficient (Wildman–Crippen LogP) is 3.68. The van der Waals surface area contributed by atoms with Gasteiger partial charge in [0.1, 0.15) is 0 Å². The molecule has 4 heteroatoms. The number of nitrogens with one attached hydrogen (secondary N) is 1. The summed E-state index contributed by atoms with van der Waals surface area (Å²) in [6, 6.07) is 8.55. The average molecular weight is 311 g/mol. The maximum absolute atomic E-state index is 5.67. The van der Waals surface area contributed by atoms with Gasteiger partial charge < -0.3 is 0 Å². The molecule has 17 heavy (non-hydrogen) atoms. The molecule has 0 bridgehead atoms. The summed E-state index contributed by atoms with van der Waals surface area (Å²) >= 11 is 5.30. The van der Waals surface area contributed by atoms with Crippen LogP contribution in [-0.2, 0) is 0 Å². The van der Waals surface area contributed by atoms with Crippen LogP contribution in [0.3, 0.4) is 0 Å². The second-order valence-corrected chi connectivity index (χ2v) is 6.07. The van der Waals surface area contributed by atoms with Crippen LogP contribution in [0.5, 0.6) is 0 Å². The van der Waals surface area contributed by atoms with Crippen LogP contribution < -0.4 is 11.3 Å². The van der Waals surface area contributed by atoms with Gasteiger partial charge in [-0.05, 0) is 48.1 Å². The third-order valence-corrected chi connectivity index (χ3v) is 4.51. The molecule has 1 aromatic carbocycles. The number of thiophene rings is 1. The van der Waals surface area contributed by atoms with E-state index < -0.39 is 0 Å². The summed E-state index contributed by atoms with van der Waals surface area (Å²) in [6.07, 6.45) is 0. The van der Waals surface area contributed by atoms with Gasteiger partial charge in [0.25, 0.3) is 0 Å². The highest BCUT2D eigenvalue weighted by atomic mass is 79.9. The van der Waals surface area contributed by atoms with Crippen molar-refractivity contribution >= 4 is 27.3 Å². The minimum atomic E-state index is 0.0526. The Kier molecular flexibility index (Phi) is 3.99. The van der Waals surface area contributed by atoms with Crippen molar-refractivity contribution in [2.45, 2.75) is 19.9 Å². The van der Waals surface area contributed by atoms with E-state index in [1.807, 2.05) is 0 Å². The van der Waals surface area contributed by atoms with Crippen molar-refractivity contribution in [2.24, 2.45) is 5.84 Å². The van der Waals surface area contributed by atoms with E-state index in [9.17, 15) is 0 Å². The fourth-order valence-corrected chi connectivity index (χ4v) is 2.92. The number of hydrogen-bond donors (Lipinski definition) is 2. The van der Waals surface area contributed by atoms with E-state index in [-0.39, 0.29) is 6.04 Å². The summed E-state index contributed by atoms with van der Waals surface area (Å²) in [5, 5.41) is 2.15. The summed E-state index contributed by atoms with van der Waals surface area (Å²) in [5.74, 6) is 5.67. The van der Waals surface area contributed by atoms with Crippen molar-refractivity contribution in [3.05, 3.63) is 55.7 Å². The lowest BCUT2D eigenvalue weighted by Gasteiger charge is -2.16. The molecule has 0 aliphatic heterocycles. The highest BCUT2D eigenvalue weighted by Crippen LogP contribution is 2.28. The number of halogens is 1. The summed E-state index contributed by atoms with van der Waals surface area (Å²) in [4.78, 5) is 1.30. The molecular weight excluding hydrogens is 296 g/mol. The molecule has 0 aliphatic rings. The van der Waals surface area contributed by atoms with Crippen molar-refractivity contribution in [1.82, 2.24) is 5.43 Å². The first-order chi connectivity index (χ1) is 8.11. The quantitative estimate of drug-likeness (QED) is 0.670. The summed E-state index contributed by atoms with van der Waals surface area (Å²) in [5.41, 5.74) is 6.49. The van der Waals surface area contributed by atoms with Gasteiger partial charge in [0.15, 0.2) is 0 Å². The maximum Gasteiger partial charge on any atom is 0.0718 e. The Labute approximate surface area is 114 Å². The summed E-state index contributed by atoms with van der Waals surface area (Å²) < 4.78 is 1.11. The maximum atomic E-state index is 5.67. The normalized spacial score (nSPS) is 12.7. The Balaban J connectivity index is 2.38. The topological polar surface area (TPSA) is 38.0 Å². The molecule has 3 N–H and O–H groups in total. The van der Waals surface area contributed by atoms with Gasteiger partial charge in [-0.25, -0.2) is 5.43 Å². The highest BCUT2D eigenvalue weighted by Gasteiger charge is 2.14. The molecular formula is C13H15BrN2S. The third kappa shape index (κ3) is 2.77. The SMILES string of the molecule is Cc1cc(C(NN)c2ccc(C)c(Br)c2)cs1. The van der Waals surface area contributed by atoms with Crippen molar-refractivity contribution in [3.63, 3.8) is 0 Å². The van der Waals surface area contributed by atoms with Crippen LogP contribution in [0.2, 0.25) is 0 Å². The zero-order chi connectivity index (χ0) is 12.4. The summed E-state index contributed by atoms with van der Waals surface area (Å²) in [7, 11) is 0. The van der Waals surface area contributed by atoms with E-state index in [1.165, 1.54) is 21.6 Å². The number of benzene rings is 1. The first-order valence-corrected chi connectivity index (χ1v) is 7.06. The van der Waals surface area contributed by atoms with Crippen LogP contribution in [0.4, 0.5) is 0 Å². The molecule has 1 heterocycles. The molecule has 0 saturated heterocycles. The van der Waals surface area contributed by atoms with Crippen LogP contribution in [0, 0.1) is 13.8 Å². The molecule has 1 atom stereocenters. The van der Waals surface area contributed by atoms with Gasteiger partial charge >= 0.3 is 0 Å². The van der Waals surface area contributed by atoms with E-state index >= 15 is 0 Å². The van der Waals surface area contributed by atoms with E-state index in [1.54, 1.807) is 11.3 Å². The first kappa shape index (κ1) is 12.8. The van der Waals surface area contributed by atoms with Crippen LogP contribution in [0.15, 0.2) is 34.1 Å². The van der Waals surface area contributed by atoms with Crippen LogP contribution in [-0.4, -0.2) is 0 Å². The number of hydrogen-bond acceptors (Lipinski definition) is 3. The fraction of sp³-hybridized carbons (Fsp3) is 0.231. The molecule has 90 valence electrons. The molecule has 0 spiro atoms. The molecule has 1 unspecified atom stereocenters. The van der Waals surface area contributed by atoms with Crippen molar-refractivity contribution in [2.75, 3.05) is 0 Å². The van der Waals surface area contributed by atoms with E-state index in [4.69, 9.17) is 5.84 Å². The molecule has 1 aromatic heterocycles. The van der Waals surface area contributed by atoms with Gasteiger partial charge in [0.05, 0.1) is 6.04 Å². The second-order valence-electron chi connectivity index (χ2n) is 4.10. The van der Waals surface area contributed by atoms with E-state index in [0.29, 0.717) is 0 Å². The average Bonchev–Trinajstić information content (AvgIpc) is 2.71. The molecule has 0 amide bonds. The molecule has 0 fully saturated rings. The van der Waals surface area contributed by atoms with Gasteiger partial charge in [-0.1, -0.05) is 28.1 Å². The number of rotatable bonds is 3. The van der Waals surface area contributed by atoms with Crippen LogP contribution in [0.1, 0.15) is 27.6 Å². The molecule has 0 saturated carbocycles. The Morgan fingerprint density at radius 1 is 1.24 bits per heavy atom.